The SMILES string of the molecule is C[n+]1ccc(C(=O)NCCC[N+](C)(C)C)cc1C=NO.[Cl-]. The highest BCUT2D eigenvalue weighted by atomic mass is 35.5. The second kappa shape index (κ2) is 8.59. The van der Waals surface area contributed by atoms with Gasteiger partial charge in [0.2, 0.25) is 5.69 Å². The van der Waals surface area contributed by atoms with E-state index in [1.807, 2.05) is 7.05 Å². The first-order valence-corrected chi connectivity index (χ1v) is 6.59. The van der Waals surface area contributed by atoms with E-state index in [0.717, 1.165) is 17.4 Å². The van der Waals surface area contributed by atoms with Gasteiger partial charge in [-0.05, 0) is 0 Å². The van der Waals surface area contributed by atoms with Crippen molar-refractivity contribution in [2.45, 2.75) is 6.42 Å². The molecule has 1 amide bonds. The van der Waals surface area contributed by atoms with Crippen LogP contribution in [0.25, 0.3) is 0 Å². The van der Waals surface area contributed by atoms with Gasteiger partial charge in [-0.3, -0.25) is 4.79 Å². The lowest BCUT2D eigenvalue weighted by atomic mass is 10.2. The van der Waals surface area contributed by atoms with E-state index >= 15 is 0 Å². The molecular formula is C14H24ClN4O2+. The van der Waals surface area contributed by atoms with Gasteiger partial charge >= 0.3 is 0 Å². The second-order valence-electron chi connectivity index (χ2n) is 5.82. The fourth-order valence-electron chi connectivity index (χ4n) is 1.77. The molecule has 0 radical (unpaired) electrons. The zero-order chi connectivity index (χ0) is 15.2. The number of hydrogen-bond donors (Lipinski definition) is 2. The van der Waals surface area contributed by atoms with Crippen molar-refractivity contribution in [3.8, 4) is 0 Å². The Bertz CT molecular complexity index is 498. The van der Waals surface area contributed by atoms with E-state index in [1.165, 1.54) is 6.21 Å². The highest BCUT2D eigenvalue weighted by Gasteiger charge is 2.12. The molecule has 1 rings (SSSR count). The number of oxime groups is 1. The third-order valence-electron chi connectivity index (χ3n) is 2.93. The Hall–Kier alpha value is -1.66. The summed E-state index contributed by atoms with van der Waals surface area (Å²) in [7, 11) is 8.19. The predicted octanol–water partition coefficient (Wildman–Crippen LogP) is -2.85. The molecule has 2 N–H and O–H groups in total. The molecule has 0 unspecified atom stereocenters. The van der Waals surface area contributed by atoms with E-state index in [0.29, 0.717) is 17.8 Å². The molecule has 0 atom stereocenters. The number of nitrogens with one attached hydrogen (secondary N) is 1. The van der Waals surface area contributed by atoms with Crippen molar-refractivity contribution < 1.29 is 31.5 Å². The average molecular weight is 316 g/mol. The molecule has 0 saturated heterocycles. The molecule has 118 valence electrons. The summed E-state index contributed by atoms with van der Waals surface area (Å²) in [6.07, 6.45) is 3.99. The molecule has 0 fully saturated rings. The van der Waals surface area contributed by atoms with Gasteiger partial charge in [0, 0.05) is 25.1 Å². The van der Waals surface area contributed by atoms with Crippen LogP contribution in [0, 0.1) is 0 Å². The minimum atomic E-state index is -0.111. The van der Waals surface area contributed by atoms with Crippen molar-refractivity contribution in [3.63, 3.8) is 0 Å². The van der Waals surface area contributed by atoms with Gasteiger partial charge in [0.25, 0.3) is 5.91 Å². The summed E-state index contributed by atoms with van der Waals surface area (Å²) in [6.45, 7) is 1.66. The second-order valence-corrected chi connectivity index (χ2v) is 5.82. The van der Waals surface area contributed by atoms with E-state index in [4.69, 9.17) is 5.21 Å². The van der Waals surface area contributed by atoms with E-state index in [9.17, 15) is 4.79 Å². The first kappa shape index (κ1) is 19.3. The van der Waals surface area contributed by atoms with Crippen LogP contribution in [-0.2, 0) is 7.05 Å². The number of aryl methyl sites for hydroxylation is 1. The largest absolute Gasteiger partial charge is 1.00 e. The molecular weight excluding hydrogens is 292 g/mol. The molecule has 0 aliphatic heterocycles. The van der Waals surface area contributed by atoms with Crippen molar-refractivity contribution in [3.05, 3.63) is 29.6 Å². The lowest BCUT2D eigenvalue weighted by Crippen LogP contribution is -3.00. The summed E-state index contributed by atoms with van der Waals surface area (Å²) in [5.41, 5.74) is 1.22. The van der Waals surface area contributed by atoms with Crippen molar-refractivity contribution in [1.82, 2.24) is 5.32 Å². The Morgan fingerprint density at radius 1 is 1.48 bits per heavy atom. The normalized spacial score (nSPS) is 11.2. The summed E-state index contributed by atoms with van der Waals surface area (Å²) in [5.74, 6) is -0.111. The molecule has 0 spiro atoms. The number of aromatic nitrogens is 1. The van der Waals surface area contributed by atoms with Gasteiger partial charge < -0.3 is 27.4 Å². The van der Waals surface area contributed by atoms with E-state index in [1.54, 1.807) is 22.9 Å². The maximum atomic E-state index is 12.0. The molecule has 21 heavy (non-hydrogen) atoms. The van der Waals surface area contributed by atoms with E-state index in [2.05, 4.69) is 31.6 Å². The molecule has 1 aromatic rings. The lowest BCUT2D eigenvalue weighted by molar-refractivity contribution is -0.870. The maximum Gasteiger partial charge on any atom is 0.251 e. The molecule has 0 saturated carbocycles. The highest BCUT2D eigenvalue weighted by molar-refractivity contribution is 5.95. The van der Waals surface area contributed by atoms with Gasteiger partial charge in [-0.1, -0.05) is 5.16 Å². The Kier molecular flexibility index (Phi) is 7.91. The third kappa shape index (κ3) is 7.06. The van der Waals surface area contributed by atoms with Crippen LogP contribution in [0.15, 0.2) is 23.5 Å². The van der Waals surface area contributed by atoms with Gasteiger partial charge in [0.1, 0.15) is 13.3 Å². The van der Waals surface area contributed by atoms with Gasteiger partial charge in [0.15, 0.2) is 6.20 Å². The summed E-state index contributed by atoms with van der Waals surface area (Å²) >= 11 is 0. The van der Waals surface area contributed by atoms with Crippen molar-refractivity contribution in [2.75, 3.05) is 34.2 Å². The van der Waals surface area contributed by atoms with Crippen LogP contribution in [0.1, 0.15) is 22.5 Å². The minimum absolute atomic E-state index is 0. The van der Waals surface area contributed by atoms with Gasteiger partial charge in [-0.25, -0.2) is 4.57 Å². The number of carbonyl (C=O) groups excluding carboxylic acids is 1. The standard InChI is InChI=1S/C14H22N4O2.ClH/c1-17-8-6-12(10-13(17)11-16-20)14(19)15-7-5-9-18(2,3)4;/h6,8,10-11H,5,7,9H2,1-4H3;1H/p+1. The summed E-state index contributed by atoms with van der Waals surface area (Å²) in [6, 6.07) is 3.43. The lowest BCUT2D eigenvalue weighted by Gasteiger charge is -2.23. The van der Waals surface area contributed by atoms with Crippen LogP contribution < -0.4 is 22.3 Å². The number of hydrogen-bond acceptors (Lipinski definition) is 3. The number of pyridine rings is 1. The first-order chi connectivity index (χ1) is 9.33. The van der Waals surface area contributed by atoms with Crippen LogP contribution in [0.3, 0.4) is 0 Å². The zero-order valence-corrected chi connectivity index (χ0v) is 13.8. The fraction of sp³-hybridized carbons (Fsp3) is 0.500. The van der Waals surface area contributed by atoms with Crippen LogP contribution in [0.2, 0.25) is 0 Å². The quantitative estimate of drug-likeness (QED) is 0.148. The van der Waals surface area contributed by atoms with Crippen molar-refractivity contribution in [1.29, 1.82) is 0 Å². The van der Waals surface area contributed by atoms with E-state index < -0.39 is 0 Å². The Morgan fingerprint density at radius 3 is 2.71 bits per heavy atom. The Balaban J connectivity index is 0.00000400. The number of carbonyl (C=O) groups is 1. The summed E-state index contributed by atoms with van der Waals surface area (Å²) in [4.78, 5) is 12.0. The number of quaternary nitrogens is 1. The van der Waals surface area contributed by atoms with Crippen LogP contribution >= 0.6 is 0 Å². The van der Waals surface area contributed by atoms with Crippen molar-refractivity contribution >= 4 is 12.1 Å². The number of amides is 1. The zero-order valence-electron chi connectivity index (χ0n) is 13.0. The molecule has 6 nitrogen and oxygen atoms in total. The topological polar surface area (TPSA) is 65.6 Å². The number of rotatable bonds is 6. The Morgan fingerprint density at radius 2 is 2.14 bits per heavy atom. The smallest absolute Gasteiger partial charge is 0.251 e. The predicted molar refractivity (Wildman–Crippen MR) is 76.8 cm³/mol. The first-order valence-electron chi connectivity index (χ1n) is 6.59. The molecule has 0 aromatic carbocycles. The molecule has 0 bridgehead atoms. The summed E-state index contributed by atoms with van der Waals surface area (Å²) < 4.78 is 2.65. The average Bonchev–Trinajstić information content (AvgIpc) is 2.36. The van der Waals surface area contributed by atoms with Crippen molar-refractivity contribution in [2.24, 2.45) is 12.2 Å². The maximum absolute atomic E-state index is 12.0. The Labute approximate surface area is 132 Å². The molecule has 0 aliphatic carbocycles. The molecule has 1 aromatic heterocycles. The summed E-state index contributed by atoms with van der Waals surface area (Å²) in [5, 5.41) is 14.5. The molecule has 1 heterocycles. The third-order valence-corrected chi connectivity index (χ3v) is 2.93. The molecule has 7 heteroatoms. The van der Waals surface area contributed by atoms with Gasteiger partial charge in [0.05, 0.1) is 33.3 Å². The van der Waals surface area contributed by atoms with Crippen LogP contribution in [-0.4, -0.2) is 56.0 Å². The minimum Gasteiger partial charge on any atom is -1.00 e. The van der Waals surface area contributed by atoms with Crippen LogP contribution in [0.4, 0.5) is 0 Å². The van der Waals surface area contributed by atoms with Gasteiger partial charge in [-0.15, -0.1) is 0 Å². The van der Waals surface area contributed by atoms with Gasteiger partial charge in [-0.2, -0.15) is 0 Å². The molecule has 0 aliphatic rings. The fourth-order valence-corrected chi connectivity index (χ4v) is 1.77. The highest BCUT2D eigenvalue weighted by Crippen LogP contribution is 1.99. The monoisotopic (exact) mass is 315 g/mol. The van der Waals surface area contributed by atoms with E-state index in [-0.39, 0.29) is 18.3 Å². The van der Waals surface area contributed by atoms with Crippen LogP contribution in [0.5, 0.6) is 0 Å². The number of nitrogens with zero attached hydrogens (tertiary/aromatic N) is 3. The number of halogens is 1.